The molecule has 0 aliphatic heterocycles. The molecule has 0 aliphatic rings. The van der Waals surface area contributed by atoms with E-state index in [1.807, 2.05) is 0 Å². The van der Waals surface area contributed by atoms with Gasteiger partial charge in [-0.15, -0.1) is 0 Å². The molecule has 5 nitrogen and oxygen atoms in total. The molecule has 0 spiro atoms. The van der Waals surface area contributed by atoms with Crippen LogP contribution in [0.2, 0.25) is 0 Å². The third-order valence-corrected chi connectivity index (χ3v) is 1.10. The summed E-state index contributed by atoms with van der Waals surface area (Å²) in [6, 6.07) is 0. The Morgan fingerprint density at radius 3 is 1.71 bits per heavy atom. The van der Waals surface area contributed by atoms with Crippen LogP contribution in [0.1, 0.15) is 0 Å². The van der Waals surface area contributed by atoms with Gasteiger partial charge in [0.1, 0.15) is 0 Å². The van der Waals surface area contributed by atoms with E-state index in [1.54, 1.807) is 0 Å². The normalized spacial score (nSPS) is 12.7. The molecule has 0 saturated heterocycles. The molecular weight excluding hydrogens is 142 g/mol. The van der Waals surface area contributed by atoms with Crippen LogP contribution in [0.25, 0.3) is 0 Å². The first-order chi connectivity index (χ1) is 3.13. The van der Waals surface area contributed by atoms with Crippen molar-refractivity contribution in [3.8, 4) is 0 Å². The monoisotopic (exact) mass is 142 g/mol. The average molecular weight is 142 g/mol. The SMILES string of the molecule is O=S([O-])N=S(=O)=O. The molecule has 0 aliphatic carbocycles. The molecule has 0 aromatic heterocycles. The van der Waals surface area contributed by atoms with E-state index in [1.165, 1.54) is 0 Å². The van der Waals surface area contributed by atoms with E-state index in [2.05, 4.69) is 3.77 Å². The number of hydrogen-bond acceptors (Lipinski definition) is 4. The number of nitrogens with zero attached hydrogens (tertiary/aromatic N) is 1. The largest absolute Gasteiger partial charge is 0.753 e. The molecule has 0 rings (SSSR count). The van der Waals surface area contributed by atoms with Crippen molar-refractivity contribution in [2.45, 2.75) is 0 Å². The summed E-state index contributed by atoms with van der Waals surface area (Å²) in [5, 5.41) is 0. The van der Waals surface area contributed by atoms with Crippen molar-refractivity contribution in [2.75, 3.05) is 0 Å². The summed E-state index contributed by atoms with van der Waals surface area (Å²) in [6.45, 7) is 0. The molecule has 0 amide bonds. The Morgan fingerprint density at radius 1 is 1.29 bits per heavy atom. The summed E-state index contributed by atoms with van der Waals surface area (Å²) in [6.07, 6.45) is 0. The molecule has 0 heterocycles. The third kappa shape index (κ3) is 5.73. The highest BCUT2D eigenvalue weighted by atomic mass is 32.2. The molecule has 0 aromatic carbocycles. The predicted molar refractivity (Wildman–Crippen MR) is 20.3 cm³/mol. The Morgan fingerprint density at radius 2 is 1.71 bits per heavy atom. The molecule has 0 bridgehead atoms. The summed E-state index contributed by atoms with van der Waals surface area (Å²) >= 11 is -2.83. The van der Waals surface area contributed by atoms with Crippen LogP contribution in [0.5, 0.6) is 0 Å². The fraction of sp³-hybridized carbons (Fsp3) is 0. The maximum absolute atomic E-state index is 9.25. The zero-order chi connectivity index (χ0) is 5.86. The van der Waals surface area contributed by atoms with E-state index in [-0.39, 0.29) is 0 Å². The standard InChI is InChI=1S/HNO4S2/c2-6(3)1-7(4)5/h(H,2,3)/p-1. The summed E-state index contributed by atoms with van der Waals surface area (Å²) < 4.78 is 39.1. The van der Waals surface area contributed by atoms with Crippen molar-refractivity contribution in [3.05, 3.63) is 0 Å². The average Bonchev–Trinajstić information content (AvgIpc) is 1.27. The van der Waals surface area contributed by atoms with Crippen molar-refractivity contribution in [3.63, 3.8) is 0 Å². The number of hydrogen-bond donors (Lipinski definition) is 0. The first kappa shape index (κ1) is 6.73. The van der Waals surface area contributed by atoms with Crippen LogP contribution >= 0.6 is 0 Å². The summed E-state index contributed by atoms with van der Waals surface area (Å²) in [5.74, 6) is 0. The minimum absolute atomic E-state index is 2.11. The van der Waals surface area contributed by atoms with Crippen LogP contribution < -0.4 is 0 Å². The molecule has 7 heteroatoms. The first-order valence-corrected chi connectivity index (χ1v) is 3.10. The van der Waals surface area contributed by atoms with E-state index >= 15 is 0 Å². The van der Waals surface area contributed by atoms with Crippen LogP contribution in [0.4, 0.5) is 0 Å². The lowest BCUT2D eigenvalue weighted by molar-refractivity contribution is 0.539. The van der Waals surface area contributed by atoms with Gasteiger partial charge in [0.2, 0.25) is 0 Å². The van der Waals surface area contributed by atoms with Crippen LogP contribution in [0, 0.1) is 0 Å². The Balaban J connectivity index is 4.26. The van der Waals surface area contributed by atoms with E-state index in [4.69, 9.17) is 0 Å². The van der Waals surface area contributed by atoms with E-state index < -0.39 is 21.8 Å². The predicted octanol–water partition coefficient (Wildman–Crippen LogP) is -1.16. The van der Waals surface area contributed by atoms with Gasteiger partial charge in [-0.25, -0.2) is 4.21 Å². The van der Waals surface area contributed by atoms with Gasteiger partial charge in [0.25, 0.3) is 0 Å². The third-order valence-electron chi connectivity index (χ3n) is 0.122. The van der Waals surface area contributed by atoms with Gasteiger partial charge in [0.15, 0.2) is 0 Å². The second-order valence-electron chi connectivity index (χ2n) is 0.509. The molecule has 0 fully saturated rings. The lowest BCUT2D eigenvalue weighted by Crippen LogP contribution is -1.75. The first-order valence-electron chi connectivity index (χ1n) is 1.03. The molecular formula is NO4S2-. The van der Waals surface area contributed by atoms with E-state index in [9.17, 15) is 17.2 Å². The van der Waals surface area contributed by atoms with Gasteiger partial charge in [-0.3, -0.25) is 0 Å². The van der Waals surface area contributed by atoms with Crippen molar-refractivity contribution in [1.29, 1.82) is 0 Å². The maximum atomic E-state index is 9.25. The summed E-state index contributed by atoms with van der Waals surface area (Å²) in [7, 11) is -2.83. The Labute approximate surface area is 43.5 Å². The van der Waals surface area contributed by atoms with Crippen molar-refractivity contribution in [1.82, 2.24) is 0 Å². The van der Waals surface area contributed by atoms with Crippen LogP contribution in [0.3, 0.4) is 0 Å². The summed E-state index contributed by atoms with van der Waals surface area (Å²) in [4.78, 5) is 0. The highest BCUT2D eigenvalue weighted by molar-refractivity contribution is 7.84. The van der Waals surface area contributed by atoms with Gasteiger partial charge in [-0.05, 0) is 0 Å². The van der Waals surface area contributed by atoms with Crippen LogP contribution in [0.15, 0.2) is 3.77 Å². The molecule has 1 atom stereocenters. The fourth-order valence-corrected chi connectivity index (χ4v) is 0.447. The van der Waals surface area contributed by atoms with Crippen molar-refractivity contribution >= 4 is 21.8 Å². The summed E-state index contributed by atoms with van der Waals surface area (Å²) in [5.41, 5.74) is 0. The van der Waals surface area contributed by atoms with Gasteiger partial charge in [0.05, 0.1) is 11.3 Å². The fourth-order valence-electron chi connectivity index (χ4n) is 0.0497. The van der Waals surface area contributed by atoms with Crippen LogP contribution in [-0.4, -0.2) is 17.2 Å². The highest BCUT2D eigenvalue weighted by Crippen LogP contribution is 1.68. The highest BCUT2D eigenvalue weighted by Gasteiger charge is 1.66. The maximum Gasteiger partial charge on any atom is 0.323 e. The quantitative estimate of drug-likeness (QED) is 0.432. The second kappa shape index (κ2) is 2.83. The second-order valence-corrected chi connectivity index (χ2v) is 1.97. The van der Waals surface area contributed by atoms with Gasteiger partial charge in [-0.1, -0.05) is 3.77 Å². The lowest BCUT2D eigenvalue weighted by Gasteiger charge is -1.84. The van der Waals surface area contributed by atoms with Crippen molar-refractivity contribution < 1.29 is 17.2 Å². The molecule has 0 radical (unpaired) electrons. The Hall–Kier alpha value is -0.270. The van der Waals surface area contributed by atoms with Crippen LogP contribution in [-0.2, 0) is 21.8 Å². The molecule has 1 unspecified atom stereocenters. The van der Waals surface area contributed by atoms with E-state index in [0.29, 0.717) is 0 Å². The van der Waals surface area contributed by atoms with Gasteiger partial charge >= 0.3 is 10.5 Å². The van der Waals surface area contributed by atoms with Gasteiger partial charge in [-0.2, -0.15) is 8.42 Å². The minimum Gasteiger partial charge on any atom is -0.753 e. The van der Waals surface area contributed by atoms with E-state index in [0.717, 1.165) is 0 Å². The molecule has 42 valence electrons. The molecule has 0 N–H and O–H groups in total. The topological polar surface area (TPSA) is 86.6 Å². The number of rotatable bonds is 1. The Kier molecular flexibility index (Phi) is 2.72. The lowest BCUT2D eigenvalue weighted by atomic mass is 13.9. The zero-order valence-electron chi connectivity index (χ0n) is 2.90. The molecule has 7 heavy (non-hydrogen) atoms. The molecule has 0 saturated carbocycles. The smallest absolute Gasteiger partial charge is 0.323 e. The van der Waals surface area contributed by atoms with Crippen molar-refractivity contribution in [2.24, 2.45) is 3.77 Å². The Bertz CT molecular complexity index is 178. The minimum atomic E-state index is -2.83. The van der Waals surface area contributed by atoms with Gasteiger partial charge < -0.3 is 4.55 Å². The zero-order valence-corrected chi connectivity index (χ0v) is 4.53. The van der Waals surface area contributed by atoms with Gasteiger partial charge in [0, 0.05) is 0 Å². The molecule has 0 aromatic rings.